The van der Waals surface area contributed by atoms with Crippen LogP contribution in [-0.4, -0.2) is 33.1 Å². The molecule has 66 valence electrons. The minimum Gasteiger partial charge on any atom is -0.287 e. The number of hydrogen-bond acceptors (Lipinski definition) is 3. The van der Waals surface area contributed by atoms with E-state index < -0.39 is 10.2 Å². The van der Waals surface area contributed by atoms with Crippen molar-refractivity contribution in [3.8, 4) is 0 Å². The van der Waals surface area contributed by atoms with E-state index in [9.17, 15) is 8.42 Å². The fraction of sp³-hybridized carbons (Fsp3) is 1.00. The van der Waals surface area contributed by atoms with Crippen molar-refractivity contribution < 1.29 is 13.3 Å². The third-order valence-electron chi connectivity index (χ3n) is 1.49. The van der Waals surface area contributed by atoms with Gasteiger partial charge < -0.3 is 0 Å². The van der Waals surface area contributed by atoms with Crippen molar-refractivity contribution in [3.63, 3.8) is 0 Å². The molecule has 6 heteroatoms. The van der Waals surface area contributed by atoms with Crippen LogP contribution in [0.1, 0.15) is 12.8 Å². The molecule has 0 radical (unpaired) electrons. The smallest absolute Gasteiger partial charge is 0.287 e. The predicted octanol–water partition coefficient (Wildman–Crippen LogP) is -0.524. The molecule has 1 fully saturated rings. The van der Waals surface area contributed by atoms with Gasteiger partial charge in [0.1, 0.15) is 0 Å². The topological polar surface area (TPSA) is 58.6 Å². The minimum absolute atomic E-state index is 0.123. The number of rotatable bonds is 4. The molecule has 0 aliphatic heterocycles. The van der Waals surface area contributed by atoms with Crippen LogP contribution in [-0.2, 0) is 15.0 Å². The van der Waals surface area contributed by atoms with E-state index in [-0.39, 0.29) is 6.04 Å². The van der Waals surface area contributed by atoms with E-state index in [1.54, 1.807) is 0 Å². The monoisotopic (exact) mass is 180 g/mol. The Morgan fingerprint density at radius 1 is 1.55 bits per heavy atom. The highest BCUT2D eigenvalue weighted by molar-refractivity contribution is 7.87. The van der Waals surface area contributed by atoms with Gasteiger partial charge in [-0.3, -0.25) is 4.84 Å². The first-order valence-corrected chi connectivity index (χ1v) is 4.80. The van der Waals surface area contributed by atoms with Gasteiger partial charge in [0.15, 0.2) is 0 Å². The van der Waals surface area contributed by atoms with Crippen LogP contribution in [0.2, 0.25) is 0 Å². The molecule has 1 aliphatic carbocycles. The van der Waals surface area contributed by atoms with Crippen molar-refractivity contribution in [3.05, 3.63) is 0 Å². The van der Waals surface area contributed by atoms with Crippen LogP contribution in [0.4, 0.5) is 0 Å². The van der Waals surface area contributed by atoms with E-state index in [1.807, 2.05) is 0 Å². The zero-order valence-electron chi connectivity index (χ0n) is 6.57. The maximum atomic E-state index is 11.1. The van der Waals surface area contributed by atoms with Crippen LogP contribution in [0.5, 0.6) is 0 Å². The molecule has 0 aromatic rings. The largest absolute Gasteiger partial charge is 0.301 e. The molecule has 5 nitrogen and oxygen atoms in total. The van der Waals surface area contributed by atoms with Crippen LogP contribution >= 0.6 is 0 Å². The minimum atomic E-state index is -3.39. The van der Waals surface area contributed by atoms with Crippen molar-refractivity contribution in [1.82, 2.24) is 9.19 Å². The molecule has 1 aliphatic rings. The zero-order chi connectivity index (χ0) is 8.48. The Hall–Kier alpha value is -0.170. The van der Waals surface area contributed by atoms with E-state index in [2.05, 4.69) is 9.56 Å². The Labute approximate surface area is 66.5 Å². The second-order valence-electron chi connectivity index (χ2n) is 2.49. The van der Waals surface area contributed by atoms with Gasteiger partial charge in [-0.2, -0.15) is 13.1 Å². The predicted molar refractivity (Wildman–Crippen MR) is 39.8 cm³/mol. The highest BCUT2D eigenvalue weighted by Gasteiger charge is 2.29. The van der Waals surface area contributed by atoms with Gasteiger partial charge in [-0.15, -0.1) is 0 Å². The van der Waals surface area contributed by atoms with E-state index in [0.29, 0.717) is 0 Å². The summed E-state index contributed by atoms with van der Waals surface area (Å²) in [6, 6.07) is 0.123. The average Bonchev–Trinajstić information content (AvgIpc) is 2.69. The van der Waals surface area contributed by atoms with E-state index in [0.717, 1.165) is 17.3 Å². The summed E-state index contributed by atoms with van der Waals surface area (Å²) in [5, 5.41) is 0. The normalized spacial score (nSPS) is 19.2. The van der Waals surface area contributed by atoms with Crippen molar-refractivity contribution >= 4 is 10.2 Å². The first kappa shape index (κ1) is 8.92. The molecule has 11 heavy (non-hydrogen) atoms. The quantitative estimate of drug-likeness (QED) is 0.592. The molecule has 0 saturated heterocycles. The van der Waals surface area contributed by atoms with E-state index in [4.69, 9.17) is 0 Å². The van der Waals surface area contributed by atoms with Crippen molar-refractivity contribution in [2.75, 3.05) is 14.2 Å². The number of hydrogen-bond donors (Lipinski definition) is 1. The second-order valence-corrected chi connectivity index (χ2v) is 4.19. The summed E-state index contributed by atoms with van der Waals surface area (Å²) in [5.41, 5.74) is 0. The van der Waals surface area contributed by atoms with Gasteiger partial charge in [0.25, 0.3) is 0 Å². The van der Waals surface area contributed by atoms with Crippen LogP contribution in [0.15, 0.2) is 0 Å². The third kappa shape index (κ3) is 2.41. The Bertz CT molecular complexity index is 222. The maximum absolute atomic E-state index is 11.1. The summed E-state index contributed by atoms with van der Waals surface area (Å²) in [5.74, 6) is 0. The van der Waals surface area contributed by atoms with Gasteiger partial charge >= 0.3 is 10.2 Å². The lowest BCUT2D eigenvalue weighted by Crippen LogP contribution is -2.38. The van der Waals surface area contributed by atoms with Crippen molar-refractivity contribution in [2.45, 2.75) is 18.9 Å². The molecule has 0 atom stereocenters. The van der Waals surface area contributed by atoms with Crippen molar-refractivity contribution in [2.24, 2.45) is 0 Å². The molecular formula is C5H12N2O3S. The molecule has 0 heterocycles. The Kier molecular flexibility index (Phi) is 2.48. The summed E-state index contributed by atoms with van der Waals surface area (Å²) in [6.45, 7) is 0. The van der Waals surface area contributed by atoms with E-state index in [1.165, 1.54) is 14.2 Å². The number of nitrogens with one attached hydrogen (secondary N) is 1. The van der Waals surface area contributed by atoms with Crippen LogP contribution in [0.25, 0.3) is 0 Å². The summed E-state index contributed by atoms with van der Waals surface area (Å²) in [6.07, 6.45) is 1.85. The third-order valence-corrected chi connectivity index (χ3v) is 2.95. The summed E-state index contributed by atoms with van der Waals surface area (Å²) >= 11 is 0. The lowest BCUT2D eigenvalue weighted by atomic mass is 10.8. The Morgan fingerprint density at radius 3 is 2.45 bits per heavy atom. The molecule has 0 amide bonds. The van der Waals surface area contributed by atoms with Crippen LogP contribution < -0.4 is 4.72 Å². The fourth-order valence-electron chi connectivity index (χ4n) is 0.584. The van der Waals surface area contributed by atoms with Gasteiger partial charge in [-0.25, -0.2) is 0 Å². The van der Waals surface area contributed by atoms with Gasteiger partial charge in [0.2, 0.25) is 0 Å². The van der Waals surface area contributed by atoms with Crippen molar-refractivity contribution in [1.29, 1.82) is 0 Å². The van der Waals surface area contributed by atoms with Gasteiger partial charge in [0.05, 0.1) is 7.11 Å². The number of nitrogens with zero attached hydrogens (tertiary/aromatic N) is 1. The SMILES string of the molecule is CON(C)S(=O)(=O)NC1CC1. The molecule has 0 unspecified atom stereocenters. The lowest BCUT2D eigenvalue weighted by Gasteiger charge is -2.13. The summed E-state index contributed by atoms with van der Waals surface area (Å²) in [7, 11) is -0.722. The Morgan fingerprint density at radius 2 is 2.09 bits per heavy atom. The molecule has 0 aromatic carbocycles. The fourth-order valence-corrected chi connectivity index (χ4v) is 1.59. The molecule has 1 N–H and O–H groups in total. The van der Waals surface area contributed by atoms with E-state index >= 15 is 0 Å². The molecular weight excluding hydrogens is 168 g/mol. The number of hydroxylamine groups is 1. The van der Waals surface area contributed by atoms with Crippen LogP contribution in [0, 0.1) is 0 Å². The van der Waals surface area contributed by atoms with Gasteiger partial charge in [0, 0.05) is 13.1 Å². The standard InChI is InChI=1S/C5H12N2O3S/c1-7(10-2)11(8,9)6-5-3-4-5/h5-6H,3-4H2,1-2H3. The first-order chi connectivity index (χ1) is 5.06. The molecule has 0 aromatic heterocycles. The lowest BCUT2D eigenvalue weighted by molar-refractivity contribution is -0.0271. The average molecular weight is 180 g/mol. The highest BCUT2D eigenvalue weighted by Crippen LogP contribution is 2.20. The maximum Gasteiger partial charge on any atom is 0.301 e. The summed E-state index contributed by atoms with van der Waals surface area (Å²) in [4.78, 5) is 4.53. The second kappa shape index (κ2) is 3.06. The molecule has 0 spiro atoms. The highest BCUT2D eigenvalue weighted by atomic mass is 32.2. The molecule has 1 saturated carbocycles. The van der Waals surface area contributed by atoms with Gasteiger partial charge in [-0.1, -0.05) is 4.47 Å². The zero-order valence-corrected chi connectivity index (χ0v) is 7.39. The Balaban J connectivity index is 2.50. The molecule has 1 rings (SSSR count). The van der Waals surface area contributed by atoms with Crippen LogP contribution in [0.3, 0.4) is 0 Å². The first-order valence-electron chi connectivity index (χ1n) is 3.36. The molecule has 0 bridgehead atoms. The summed E-state index contributed by atoms with van der Waals surface area (Å²) < 4.78 is 25.5. The van der Waals surface area contributed by atoms with Gasteiger partial charge in [-0.05, 0) is 12.8 Å².